The van der Waals surface area contributed by atoms with Crippen molar-refractivity contribution in [2.45, 2.75) is 6.92 Å². The Labute approximate surface area is 109 Å². The zero-order valence-corrected chi connectivity index (χ0v) is 11.8. The number of hydrogen-bond acceptors (Lipinski definition) is 1. The number of hydrogen-bond donors (Lipinski definition) is 0. The van der Waals surface area contributed by atoms with Crippen LogP contribution in [0.25, 0.3) is 10.9 Å². The number of nitrogens with zero attached hydrogens (tertiary/aromatic N) is 1. The molecule has 1 heterocycles. The van der Waals surface area contributed by atoms with Gasteiger partial charge in [-0.3, -0.25) is 4.98 Å². The molecule has 0 aliphatic carbocycles. The zero-order chi connectivity index (χ0) is 10.3. The van der Waals surface area contributed by atoms with Crippen LogP contribution in [0, 0.1) is 10.5 Å². The van der Waals surface area contributed by atoms with E-state index >= 15 is 0 Å². The third kappa shape index (κ3) is 1.66. The van der Waals surface area contributed by atoms with Crippen molar-refractivity contribution in [1.29, 1.82) is 0 Å². The van der Waals surface area contributed by atoms with Gasteiger partial charge in [0.15, 0.2) is 0 Å². The van der Waals surface area contributed by atoms with E-state index in [2.05, 4.69) is 43.5 Å². The summed E-state index contributed by atoms with van der Waals surface area (Å²) in [6.45, 7) is 2.04. The molecule has 2 rings (SSSR count). The van der Waals surface area contributed by atoms with Crippen LogP contribution in [-0.2, 0) is 0 Å². The van der Waals surface area contributed by atoms with E-state index in [1.54, 1.807) is 6.20 Å². The highest BCUT2D eigenvalue weighted by Gasteiger charge is 2.09. The predicted molar refractivity (Wildman–Crippen MR) is 71.9 cm³/mol. The lowest BCUT2D eigenvalue weighted by molar-refractivity contribution is 1.36. The zero-order valence-electron chi connectivity index (χ0n) is 7.31. The topological polar surface area (TPSA) is 12.9 Å². The molecule has 0 atom stereocenters. The molecule has 0 saturated heterocycles. The number of halogens is 3. The van der Waals surface area contributed by atoms with Gasteiger partial charge in [-0.2, -0.15) is 0 Å². The van der Waals surface area contributed by atoms with Gasteiger partial charge in [-0.1, -0.05) is 17.7 Å². The first-order valence-electron chi connectivity index (χ1n) is 4.00. The molecule has 0 N–H and O–H groups in total. The smallest absolute Gasteiger partial charge is 0.0862 e. The second-order valence-corrected chi connectivity index (χ2v) is 5.40. The van der Waals surface area contributed by atoms with Crippen molar-refractivity contribution in [3.8, 4) is 0 Å². The summed E-state index contributed by atoms with van der Waals surface area (Å²) in [6.07, 6.45) is 1.79. The van der Waals surface area contributed by atoms with Gasteiger partial charge in [0.2, 0.25) is 0 Å². The fraction of sp³-hybridized carbons (Fsp3) is 0.100. The minimum Gasteiger partial charge on any atom is -0.254 e. The molecule has 1 aromatic heterocycles. The molecule has 1 aromatic carbocycles. The summed E-state index contributed by atoms with van der Waals surface area (Å²) in [4.78, 5) is 4.36. The molecule has 1 nitrogen and oxygen atoms in total. The van der Waals surface area contributed by atoms with E-state index in [9.17, 15) is 0 Å². The van der Waals surface area contributed by atoms with Gasteiger partial charge in [0, 0.05) is 16.1 Å². The predicted octanol–water partition coefficient (Wildman–Crippen LogP) is 4.56. The third-order valence-electron chi connectivity index (χ3n) is 2.07. The van der Waals surface area contributed by atoms with Gasteiger partial charge in [-0.15, -0.1) is 0 Å². The van der Waals surface area contributed by atoms with Crippen molar-refractivity contribution in [2.24, 2.45) is 0 Å². The molecule has 14 heavy (non-hydrogen) atoms. The van der Waals surface area contributed by atoms with Crippen LogP contribution in [0.5, 0.6) is 0 Å². The molecule has 0 aliphatic rings. The Morgan fingerprint density at radius 1 is 1.43 bits per heavy atom. The van der Waals surface area contributed by atoms with Crippen LogP contribution >= 0.6 is 50.1 Å². The maximum absolute atomic E-state index is 6.23. The van der Waals surface area contributed by atoms with Gasteiger partial charge >= 0.3 is 0 Å². The summed E-state index contributed by atoms with van der Waals surface area (Å²) in [7, 11) is 0. The molecule has 2 aromatic rings. The Hall–Kier alpha value is 0.130. The van der Waals surface area contributed by atoms with Crippen LogP contribution in [0.2, 0.25) is 5.02 Å². The van der Waals surface area contributed by atoms with Gasteiger partial charge in [0.1, 0.15) is 0 Å². The normalized spacial score (nSPS) is 10.9. The summed E-state index contributed by atoms with van der Waals surface area (Å²) in [5.74, 6) is 0. The SMILES string of the molecule is Cc1ccc(Br)c2ncc(I)c(Cl)c12. The lowest BCUT2D eigenvalue weighted by atomic mass is 10.1. The average Bonchev–Trinajstić information content (AvgIpc) is 2.16. The molecule has 4 heteroatoms. The highest BCUT2D eigenvalue weighted by atomic mass is 127. The van der Waals surface area contributed by atoms with E-state index in [-0.39, 0.29) is 0 Å². The van der Waals surface area contributed by atoms with Crippen molar-refractivity contribution in [2.75, 3.05) is 0 Å². The molecular weight excluding hydrogens is 376 g/mol. The molecular formula is C10H6BrClIN. The Kier molecular flexibility index (Phi) is 3.00. The Morgan fingerprint density at radius 2 is 2.14 bits per heavy atom. The van der Waals surface area contributed by atoms with Gasteiger partial charge in [-0.05, 0) is 57.1 Å². The number of fused-ring (bicyclic) bond motifs is 1. The summed E-state index contributed by atoms with van der Waals surface area (Å²) in [5, 5.41) is 1.82. The minimum atomic E-state index is 0.786. The third-order valence-corrected chi connectivity index (χ3v) is 4.24. The van der Waals surface area contributed by atoms with E-state index in [4.69, 9.17) is 11.6 Å². The maximum atomic E-state index is 6.23. The van der Waals surface area contributed by atoms with Crippen LogP contribution in [0.15, 0.2) is 22.8 Å². The lowest BCUT2D eigenvalue weighted by Crippen LogP contribution is -1.87. The standard InChI is InChI=1S/C10H6BrClIN/c1-5-2-3-6(11)10-8(5)9(12)7(13)4-14-10/h2-4H,1H3. The molecule has 0 saturated carbocycles. The monoisotopic (exact) mass is 381 g/mol. The maximum Gasteiger partial charge on any atom is 0.0862 e. The Balaban J connectivity index is 3.01. The van der Waals surface area contributed by atoms with E-state index in [1.807, 2.05) is 19.1 Å². The van der Waals surface area contributed by atoms with Crippen molar-refractivity contribution in [3.63, 3.8) is 0 Å². The fourth-order valence-electron chi connectivity index (χ4n) is 1.37. The summed E-state index contributed by atoms with van der Waals surface area (Å²) in [6, 6.07) is 4.03. The number of benzene rings is 1. The number of aromatic nitrogens is 1. The number of aryl methyl sites for hydroxylation is 1. The number of rotatable bonds is 0. The molecule has 0 amide bonds. The molecule has 0 unspecified atom stereocenters. The van der Waals surface area contributed by atoms with E-state index in [1.165, 1.54) is 0 Å². The fourth-order valence-corrected chi connectivity index (χ4v) is 2.50. The van der Waals surface area contributed by atoms with Crippen LogP contribution in [0.3, 0.4) is 0 Å². The highest BCUT2D eigenvalue weighted by Crippen LogP contribution is 2.32. The highest BCUT2D eigenvalue weighted by molar-refractivity contribution is 14.1. The molecule has 0 radical (unpaired) electrons. The minimum absolute atomic E-state index is 0.786. The summed E-state index contributed by atoms with van der Waals surface area (Å²) >= 11 is 11.9. The van der Waals surface area contributed by atoms with E-state index < -0.39 is 0 Å². The number of pyridine rings is 1. The lowest BCUT2D eigenvalue weighted by Gasteiger charge is -2.06. The van der Waals surface area contributed by atoms with Crippen molar-refractivity contribution >= 4 is 61.0 Å². The Bertz CT molecular complexity index is 513. The van der Waals surface area contributed by atoms with Crippen LogP contribution in [0.1, 0.15) is 5.56 Å². The van der Waals surface area contributed by atoms with Crippen LogP contribution in [-0.4, -0.2) is 4.98 Å². The molecule has 0 bridgehead atoms. The first kappa shape index (κ1) is 10.6. The second kappa shape index (κ2) is 3.94. The molecule has 0 spiro atoms. The van der Waals surface area contributed by atoms with Crippen LogP contribution < -0.4 is 0 Å². The van der Waals surface area contributed by atoms with Crippen molar-refractivity contribution in [1.82, 2.24) is 4.98 Å². The summed E-state index contributed by atoms with van der Waals surface area (Å²) in [5.41, 5.74) is 2.08. The van der Waals surface area contributed by atoms with Gasteiger partial charge in [0.25, 0.3) is 0 Å². The van der Waals surface area contributed by atoms with Gasteiger partial charge < -0.3 is 0 Å². The summed E-state index contributed by atoms with van der Waals surface area (Å²) < 4.78 is 1.97. The van der Waals surface area contributed by atoms with Crippen molar-refractivity contribution < 1.29 is 0 Å². The first-order valence-corrected chi connectivity index (χ1v) is 6.25. The van der Waals surface area contributed by atoms with Gasteiger partial charge in [0.05, 0.1) is 14.1 Å². The van der Waals surface area contributed by atoms with Crippen LogP contribution in [0.4, 0.5) is 0 Å². The average molecular weight is 382 g/mol. The second-order valence-electron chi connectivity index (χ2n) is 3.01. The van der Waals surface area contributed by atoms with Crippen molar-refractivity contribution in [3.05, 3.63) is 37.0 Å². The molecule has 0 fully saturated rings. The first-order chi connectivity index (χ1) is 6.61. The quantitative estimate of drug-likeness (QED) is 0.609. The van der Waals surface area contributed by atoms with E-state index in [0.29, 0.717) is 0 Å². The van der Waals surface area contributed by atoms with Gasteiger partial charge in [-0.25, -0.2) is 0 Å². The van der Waals surface area contributed by atoms with E-state index in [0.717, 1.165) is 29.5 Å². The molecule has 72 valence electrons. The molecule has 0 aliphatic heterocycles. The Morgan fingerprint density at radius 3 is 2.86 bits per heavy atom. The largest absolute Gasteiger partial charge is 0.254 e.